The van der Waals surface area contributed by atoms with Gasteiger partial charge in [-0.15, -0.1) is 0 Å². The van der Waals surface area contributed by atoms with Crippen LogP contribution in [0.3, 0.4) is 0 Å². The van der Waals surface area contributed by atoms with Gasteiger partial charge in [-0.1, -0.05) is 5.16 Å². The van der Waals surface area contributed by atoms with Crippen molar-refractivity contribution >= 4 is 5.91 Å². The van der Waals surface area contributed by atoms with Gasteiger partial charge in [0.1, 0.15) is 5.82 Å². The molecule has 0 spiro atoms. The van der Waals surface area contributed by atoms with Gasteiger partial charge in [0, 0.05) is 12.0 Å². The third-order valence-corrected chi connectivity index (χ3v) is 2.71. The Kier molecular flexibility index (Phi) is 2.47. The first-order valence-electron chi connectivity index (χ1n) is 5.61. The summed E-state index contributed by atoms with van der Waals surface area (Å²) in [6.45, 7) is 0.122. The Morgan fingerprint density at radius 2 is 2.39 bits per heavy atom. The molecule has 1 fully saturated rings. The van der Waals surface area contributed by atoms with Crippen LogP contribution in [0.4, 0.5) is 0 Å². The number of hydrogen-bond donors (Lipinski definition) is 3. The van der Waals surface area contributed by atoms with E-state index in [0.29, 0.717) is 11.7 Å². The molecule has 1 aliphatic rings. The molecule has 0 radical (unpaired) electrons. The van der Waals surface area contributed by atoms with Crippen molar-refractivity contribution < 1.29 is 9.32 Å². The summed E-state index contributed by atoms with van der Waals surface area (Å²) >= 11 is 0. The minimum absolute atomic E-state index is 0.122. The molecule has 8 heteroatoms. The molecule has 2 aromatic rings. The normalized spacial score (nSPS) is 14.7. The largest absolute Gasteiger partial charge is 0.351 e. The molecular formula is C10H11N5O3. The molecule has 3 N–H and O–H groups in total. The van der Waals surface area contributed by atoms with Crippen molar-refractivity contribution in [3.8, 4) is 0 Å². The quantitative estimate of drug-likeness (QED) is 0.699. The summed E-state index contributed by atoms with van der Waals surface area (Å²) in [7, 11) is 0. The SMILES string of the molecule is O=C(NCc1n[nH]c(=O)[nH]1)c1cc(C2CC2)no1. The van der Waals surface area contributed by atoms with E-state index in [2.05, 4.69) is 25.7 Å². The number of amides is 1. The van der Waals surface area contributed by atoms with Gasteiger partial charge in [0.2, 0.25) is 5.76 Å². The van der Waals surface area contributed by atoms with E-state index < -0.39 is 5.69 Å². The first kappa shape index (κ1) is 10.8. The third-order valence-electron chi connectivity index (χ3n) is 2.71. The molecule has 8 nitrogen and oxygen atoms in total. The minimum Gasteiger partial charge on any atom is -0.351 e. The lowest BCUT2D eigenvalue weighted by molar-refractivity contribution is 0.0913. The number of aromatic nitrogens is 4. The fourth-order valence-corrected chi connectivity index (χ4v) is 1.61. The number of rotatable bonds is 4. The molecule has 0 atom stereocenters. The zero-order valence-electron chi connectivity index (χ0n) is 9.40. The molecule has 0 bridgehead atoms. The zero-order valence-corrected chi connectivity index (χ0v) is 9.40. The molecule has 2 aromatic heterocycles. The highest BCUT2D eigenvalue weighted by atomic mass is 16.5. The maximum Gasteiger partial charge on any atom is 0.340 e. The van der Waals surface area contributed by atoms with Crippen molar-refractivity contribution in [3.63, 3.8) is 0 Å². The van der Waals surface area contributed by atoms with Crippen LogP contribution in [-0.2, 0) is 6.54 Å². The number of hydrogen-bond acceptors (Lipinski definition) is 5. The number of aromatic amines is 2. The molecule has 2 heterocycles. The van der Waals surface area contributed by atoms with Gasteiger partial charge >= 0.3 is 5.69 Å². The summed E-state index contributed by atoms with van der Waals surface area (Å²) in [5.74, 6) is 0.598. The van der Waals surface area contributed by atoms with E-state index in [1.165, 1.54) is 0 Å². The topological polar surface area (TPSA) is 117 Å². The van der Waals surface area contributed by atoms with Crippen molar-refractivity contribution in [2.75, 3.05) is 0 Å². The van der Waals surface area contributed by atoms with Crippen LogP contribution >= 0.6 is 0 Å². The molecule has 18 heavy (non-hydrogen) atoms. The summed E-state index contributed by atoms with van der Waals surface area (Å²) in [5.41, 5.74) is 0.420. The smallest absolute Gasteiger partial charge is 0.340 e. The number of carbonyl (C=O) groups is 1. The maximum absolute atomic E-state index is 11.7. The first-order valence-corrected chi connectivity index (χ1v) is 5.61. The van der Waals surface area contributed by atoms with E-state index in [0.717, 1.165) is 18.5 Å². The number of H-pyrrole nitrogens is 2. The molecule has 94 valence electrons. The van der Waals surface area contributed by atoms with E-state index >= 15 is 0 Å². The van der Waals surface area contributed by atoms with Gasteiger partial charge in [-0.05, 0) is 12.8 Å². The highest BCUT2D eigenvalue weighted by molar-refractivity contribution is 5.91. The lowest BCUT2D eigenvalue weighted by Crippen LogP contribution is -2.23. The summed E-state index contributed by atoms with van der Waals surface area (Å²) in [6.07, 6.45) is 2.20. The number of carbonyl (C=O) groups excluding carboxylic acids is 1. The number of nitrogens with one attached hydrogen (secondary N) is 3. The Morgan fingerprint density at radius 3 is 3.06 bits per heavy atom. The van der Waals surface area contributed by atoms with Crippen molar-refractivity contribution in [2.24, 2.45) is 0 Å². The first-order chi connectivity index (χ1) is 8.72. The van der Waals surface area contributed by atoms with Gasteiger partial charge in [0.05, 0.1) is 12.2 Å². The van der Waals surface area contributed by atoms with Crippen molar-refractivity contribution in [2.45, 2.75) is 25.3 Å². The van der Waals surface area contributed by atoms with Crippen LogP contribution in [0, 0.1) is 0 Å². The van der Waals surface area contributed by atoms with Gasteiger partial charge in [0.25, 0.3) is 5.91 Å². The van der Waals surface area contributed by atoms with E-state index in [1.54, 1.807) is 6.07 Å². The van der Waals surface area contributed by atoms with Crippen LogP contribution in [-0.4, -0.2) is 26.2 Å². The number of nitrogens with zero attached hydrogens (tertiary/aromatic N) is 2. The van der Waals surface area contributed by atoms with E-state index in [4.69, 9.17) is 4.52 Å². The van der Waals surface area contributed by atoms with Crippen LogP contribution in [0.2, 0.25) is 0 Å². The van der Waals surface area contributed by atoms with Crippen LogP contribution in [0.5, 0.6) is 0 Å². The fraction of sp³-hybridized carbons (Fsp3) is 0.400. The van der Waals surface area contributed by atoms with Gasteiger partial charge in [0.15, 0.2) is 0 Å². The van der Waals surface area contributed by atoms with Gasteiger partial charge in [-0.25, -0.2) is 9.89 Å². The lowest BCUT2D eigenvalue weighted by Gasteiger charge is -1.97. The second-order valence-corrected chi connectivity index (χ2v) is 4.20. The second-order valence-electron chi connectivity index (χ2n) is 4.20. The molecular weight excluding hydrogens is 238 g/mol. The highest BCUT2D eigenvalue weighted by Gasteiger charge is 2.28. The van der Waals surface area contributed by atoms with Crippen molar-refractivity contribution in [1.82, 2.24) is 25.7 Å². The Labute approximate surface area is 101 Å². The molecule has 0 saturated heterocycles. The van der Waals surface area contributed by atoms with E-state index in [-0.39, 0.29) is 18.2 Å². The fourth-order valence-electron chi connectivity index (χ4n) is 1.61. The minimum atomic E-state index is -0.407. The second kappa shape index (κ2) is 4.13. The van der Waals surface area contributed by atoms with Crippen LogP contribution in [0.15, 0.2) is 15.4 Å². The van der Waals surface area contributed by atoms with Crippen LogP contribution in [0.1, 0.15) is 40.8 Å². The molecule has 1 amide bonds. The van der Waals surface area contributed by atoms with E-state index in [1.807, 2.05) is 0 Å². The monoisotopic (exact) mass is 249 g/mol. The Balaban J connectivity index is 1.61. The Morgan fingerprint density at radius 1 is 1.56 bits per heavy atom. The van der Waals surface area contributed by atoms with Crippen LogP contribution < -0.4 is 11.0 Å². The summed E-state index contributed by atoms with van der Waals surface area (Å²) < 4.78 is 4.96. The molecule has 1 saturated carbocycles. The third kappa shape index (κ3) is 2.17. The predicted molar refractivity (Wildman–Crippen MR) is 58.9 cm³/mol. The molecule has 0 unspecified atom stereocenters. The Hall–Kier alpha value is -2.38. The summed E-state index contributed by atoms with van der Waals surface area (Å²) in [6, 6.07) is 1.65. The van der Waals surface area contributed by atoms with Gasteiger partial charge < -0.3 is 9.84 Å². The Bertz CT molecular complexity index is 621. The molecule has 0 aromatic carbocycles. The predicted octanol–water partition coefficient (Wildman–Crippen LogP) is -0.107. The molecule has 3 rings (SSSR count). The van der Waals surface area contributed by atoms with E-state index in [9.17, 15) is 9.59 Å². The summed E-state index contributed by atoms with van der Waals surface area (Å²) in [4.78, 5) is 24.9. The van der Waals surface area contributed by atoms with Crippen LogP contribution in [0.25, 0.3) is 0 Å². The van der Waals surface area contributed by atoms with Crippen molar-refractivity contribution in [3.05, 3.63) is 33.8 Å². The lowest BCUT2D eigenvalue weighted by atomic mass is 10.2. The standard InChI is InChI=1S/C10H11N5O3/c16-9(11-4-8-12-10(17)14-13-8)7-3-6(15-18-7)5-1-2-5/h3,5H,1-2,4H2,(H,11,16)(H2,12,13,14,17). The average molecular weight is 249 g/mol. The summed E-state index contributed by atoms with van der Waals surface area (Å²) in [5, 5.41) is 12.3. The molecule has 1 aliphatic carbocycles. The van der Waals surface area contributed by atoms with Crippen molar-refractivity contribution in [1.29, 1.82) is 0 Å². The zero-order chi connectivity index (χ0) is 12.5. The van der Waals surface area contributed by atoms with Gasteiger partial charge in [-0.3, -0.25) is 9.78 Å². The highest BCUT2D eigenvalue weighted by Crippen LogP contribution is 2.39. The average Bonchev–Trinajstić information content (AvgIpc) is 2.94. The van der Waals surface area contributed by atoms with Gasteiger partial charge in [-0.2, -0.15) is 5.10 Å². The maximum atomic E-state index is 11.7. The molecule has 0 aliphatic heterocycles.